The number of piperidine rings is 1. The van der Waals surface area contributed by atoms with Crippen molar-refractivity contribution in [3.05, 3.63) is 5.82 Å². The van der Waals surface area contributed by atoms with Gasteiger partial charge in [0.05, 0.1) is 5.75 Å². The number of hydrogen-bond donors (Lipinski definition) is 1. The van der Waals surface area contributed by atoms with Gasteiger partial charge in [-0.15, -0.1) is 10.2 Å². The van der Waals surface area contributed by atoms with Crippen LogP contribution in [0.2, 0.25) is 0 Å². The van der Waals surface area contributed by atoms with Gasteiger partial charge in [0.25, 0.3) is 0 Å². The van der Waals surface area contributed by atoms with Gasteiger partial charge in [0.1, 0.15) is 12.4 Å². The first-order valence-corrected chi connectivity index (χ1v) is 8.14. The van der Waals surface area contributed by atoms with Crippen LogP contribution in [0.3, 0.4) is 0 Å². The van der Waals surface area contributed by atoms with E-state index in [1.165, 1.54) is 6.42 Å². The van der Waals surface area contributed by atoms with E-state index in [-0.39, 0.29) is 18.2 Å². The number of carboxylic acid groups (broad SMARTS) is 1. The molecule has 1 saturated heterocycles. The Morgan fingerprint density at radius 2 is 1.95 bits per heavy atom. The minimum Gasteiger partial charge on any atom is -0.481 e. The van der Waals surface area contributed by atoms with Crippen molar-refractivity contribution >= 4 is 23.6 Å². The monoisotopic (exact) mass is 312 g/mol. The highest BCUT2D eigenvalue weighted by Gasteiger charge is 2.20. The second-order valence-electron chi connectivity index (χ2n) is 4.96. The van der Waals surface area contributed by atoms with E-state index in [4.69, 9.17) is 5.11 Å². The van der Waals surface area contributed by atoms with Crippen molar-refractivity contribution in [2.45, 2.75) is 44.3 Å². The van der Waals surface area contributed by atoms with Gasteiger partial charge in [-0.25, -0.2) is 0 Å². The summed E-state index contributed by atoms with van der Waals surface area (Å²) in [5.74, 6) is -0.218. The first-order valence-electron chi connectivity index (χ1n) is 7.16. The second-order valence-corrected chi connectivity index (χ2v) is 5.90. The lowest BCUT2D eigenvalue weighted by Gasteiger charge is -2.27. The quantitative estimate of drug-likeness (QED) is 0.789. The standard InChI is InChI=1S/C13H20N4O3S/c1-2-10-14-15-13(21-9-12(19)20)17(10)8-11(18)16-6-4-3-5-7-16/h2-9H2,1H3,(H,19,20). The number of aromatic nitrogens is 3. The summed E-state index contributed by atoms with van der Waals surface area (Å²) in [7, 11) is 0. The van der Waals surface area contributed by atoms with Gasteiger partial charge >= 0.3 is 5.97 Å². The average molecular weight is 312 g/mol. The van der Waals surface area contributed by atoms with Crippen LogP contribution in [-0.4, -0.2) is 55.5 Å². The van der Waals surface area contributed by atoms with Crippen molar-refractivity contribution in [1.29, 1.82) is 0 Å². The van der Waals surface area contributed by atoms with Gasteiger partial charge in [-0.2, -0.15) is 0 Å². The molecule has 7 nitrogen and oxygen atoms in total. The van der Waals surface area contributed by atoms with E-state index < -0.39 is 5.97 Å². The Balaban J connectivity index is 2.07. The Morgan fingerprint density at radius 3 is 2.57 bits per heavy atom. The Morgan fingerprint density at radius 1 is 1.24 bits per heavy atom. The van der Waals surface area contributed by atoms with E-state index in [0.717, 1.165) is 37.7 Å². The molecule has 0 bridgehead atoms. The molecule has 0 atom stereocenters. The molecule has 1 fully saturated rings. The number of nitrogens with zero attached hydrogens (tertiary/aromatic N) is 4. The zero-order valence-electron chi connectivity index (χ0n) is 12.1. The SMILES string of the molecule is CCc1nnc(SCC(=O)O)n1CC(=O)N1CCCCC1. The number of likely N-dealkylation sites (tertiary alicyclic amines) is 1. The fraction of sp³-hybridized carbons (Fsp3) is 0.692. The predicted molar refractivity (Wildman–Crippen MR) is 78.2 cm³/mol. The number of rotatable bonds is 6. The molecule has 0 aliphatic carbocycles. The van der Waals surface area contributed by atoms with Gasteiger partial charge in [-0.3, -0.25) is 14.2 Å². The molecule has 1 aromatic heterocycles. The Bertz CT molecular complexity index is 512. The predicted octanol–water partition coefficient (Wildman–Crippen LogP) is 1.03. The summed E-state index contributed by atoms with van der Waals surface area (Å²) in [6.07, 6.45) is 3.94. The number of carbonyl (C=O) groups is 2. The summed E-state index contributed by atoms with van der Waals surface area (Å²) in [6, 6.07) is 0. The Labute approximate surface area is 127 Å². The molecule has 1 amide bonds. The third kappa shape index (κ3) is 4.20. The first-order chi connectivity index (χ1) is 10.1. The summed E-state index contributed by atoms with van der Waals surface area (Å²) in [5.41, 5.74) is 0. The number of amides is 1. The lowest BCUT2D eigenvalue weighted by Crippen LogP contribution is -2.38. The molecular formula is C13H20N4O3S. The number of carbonyl (C=O) groups excluding carboxylic acids is 1. The van der Waals surface area contributed by atoms with E-state index >= 15 is 0 Å². The molecule has 1 aromatic rings. The zero-order chi connectivity index (χ0) is 15.2. The van der Waals surface area contributed by atoms with Gasteiger partial charge in [-0.05, 0) is 19.3 Å². The van der Waals surface area contributed by atoms with Crippen molar-refractivity contribution in [2.24, 2.45) is 0 Å². The Hall–Kier alpha value is -1.57. The van der Waals surface area contributed by atoms with Gasteiger partial charge < -0.3 is 10.0 Å². The molecular weight excluding hydrogens is 292 g/mol. The summed E-state index contributed by atoms with van der Waals surface area (Å²) >= 11 is 1.10. The number of aryl methyl sites for hydroxylation is 1. The number of aliphatic carboxylic acids is 1. The number of hydrogen-bond acceptors (Lipinski definition) is 5. The van der Waals surface area contributed by atoms with Crippen molar-refractivity contribution in [2.75, 3.05) is 18.8 Å². The lowest BCUT2D eigenvalue weighted by atomic mass is 10.1. The van der Waals surface area contributed by atoms with Gasteiger partial charge in [0.2, 0.25) is 5.91 Å². The number of carboxylic acids is 1. The minimum atomic E-state index is -0.907. The van der Waals surface area contributed by atoms with Gasteiger partial charge in [-0.1, -0.05) is 18.7 Å². The molecule has 0 spiro atoms. The second kappa shape index (κ2) is 7.44. The molecule has 2 rings (SSSR count). The van der Waals surface area contributed by atoms with E-state index in [1.807, 2.05) is 11.8 Å². The normalized spacial score (nSPS) is 15.2. The maximum absolute atomic E-state index is 12.3. The van der Waals surface area contributed by atoms with Crippen LogP contribution < -0.4 is 0 Å². The first kappa shape index (κ1) is 15.8. The summed E-state index contributed by atoms with van der Waals surface area (Å²) in [4.78, 5) is 24.9. The van der Waals surface area contributed by atoms with Crippen LogP contribution >= 0.6 is 11.8 Å². The smallest absolute Gasteiger partial charge is 0.313 e. The largest absolute Gasteiger partial charge is 0.481 e. The van der Waals surface area contributed by atoms with Crippen LogP contribution in [0.15, 0.2) is 5.16 Å². The highest BCUT2D eigenvalue weighted by atomic mass is 32.2. The van der Waals surface area contributed by atoms with E-state index in [0.29, 0.717) is 17.4 Å². The van der Waals surface area contributed by atoms with Crippen LogP contribution in [0.4, 0.5) is 0 Å². The lowest BCUT2D eigenvalue weighted by molar-refractivity contribution is -0.134. The highest BCUT2D eigenvalue weighted by molar-refractivity contribution is 7.99. The van der Waals surface area contributed by atoms with E-state index in [1.54, 1.807) is 4.57 Å². The summed E-state index contributed by atoms with van der Waals surface area (Å²) in [5, 5.41) is 17.3. The van der Waals surface area contributed by atoms with Crippen LogP contribution in [0.1, 0.15) is 32.0 Å². The molecule has 0 saturated carbocycles. The Kier molecular flexibility index (Phi) is 5.60. The molecule has 1 N–H and O–H groups in total. The maximum atomic E-state index is 12.3. The minimum absolute atomic E-state index is 0.0568. The van der Waals surface area contributed by atoms with Crippen LogP contribution in [0.25, 0.3) is 0 Å². The highest BCUT2D eigenvalue weighted by Crippen LogP contribution is 2.18. The van der Waals surface area contributed by atoms with Crippen molar-refractivity contribution in [3.8, 4) is 0 Å². The molecule has 2 heterocycles. The van der Waals surface area contributed by atoms with Crippen LogP contribution in [0, 0.1) is 0 Å². The maximum Gasteiger partial charge on any atom is 0.313 e. The molecule has 0 unspecified atom stereocenters. The van der Waals surface area contributed by atoms with Crippen molar-refractivity contribution in [1.82, 2.24) is 19.7 Å². The molecule has 116 valence electrons. The van der Waals surface area contributed by atoms with Gasteiger partial charge in [0, 0.05) is 19.5 Å². The molecule has 1 aliphatic rings. The van der Waals surface area contributed by atoms with Crippen LogP contribution in [-0.2, 0) is 22.6 Å². The molecule has 1 aliphatic heterocycles. The molecule has 0 aromatic carbocycles. The van der Waals surface area contributed by atoms with Crippen molar-refractivity contribution in [3.63, 3.8) is 0 Å². The summed E-state index contributed by atoms with van der Waals surface area (Å²) < 4.78 is 1.74. The average Bonchev–Trinajstić information content (AvgIpc) is 2.88. The number of thioether (sulfide) groups is 1. The fourth-order valence-electron chi connectivity index (χ4n) is 2.35. The van der Waals surface area contributed by atoms with E-state index in [2.05, 4.69) is 10.2 Å². The fourth-order valence-corrected chi connectivity index (χ4v) is 3.03. The van der Waals surface area contributed by atoms with Crippen molar-refractivity contribution < 1.29 is 14.7 Å². The van der Waals surface area contributed by atoms with Crippen LogP contribution in [0.5, 0.6) is 0 Å². The molecule has 8 heteroatoms. The zero-order valence-corrected chi connectivity index (χ0v) is 12.9. The molecule has 21 heavy (non-hydrogen) atoms. The third-order valence-corrected chi connectivity index (χ3v) is 4.39. The van der Waals surface area contributed by atoms with Gasteiger partial charge in [0.15, 0.2) is 5.16 Å². The summed E-state index contributed by atoms with van der Waals surface area (Å²) in [6.45, 7) is 3.75. The molecule has 0 radical (unpaired) electrons. The third-order valence-electron chi connectivity index (χ3n) is 3.44. The van der Waals surface area contributed by atoms with E-state index in [9.17, 15) is 9.59 Å². The topological polar surface area (TPSA) is 88.3 Å².